The van der Waals surface area contributed by atoms with Crippen LogP contribution in [0.2, 0.25) is 0 Å². The normalized spacial score (nSPS) is 14.8. The first-order valence-electron chi connectivity index (χ1n) is 8.22. The summed E-state index contributed by atoms with van der Waals surface area (Å²) < 4.78 is 16.1. The van der Waals surface area contributed by atoms with Crippen molar-refractivity contribution in [2.24, 2.45) is 0 Å². The fourth-order valence-electron chi connectivity index (χ4n) is 2.83. The molecule has 0 bridgehead atoms. The van der Waals surface area contributed by atoms with Crippen molar-refractivity contribution < 1.29 is 18.7 Å². The minimum Gasteiger partial charge on any atom is -0.484 e. The van der Waals surface area contributed by atoms with Crippen molar-refractivity contribution in [2.75, 3.05) is 32.9 Å². The second-order valence-electron chi connectivity index (χ2n) is 5.78. The highest BCUT2D eigenvalue weighted by atomic mass is 16.5. The zero-order chi connectivity index (χ0) is 16.9. The molecule has 0 N–H and O–H groups in total. The maximum absolute atomic E-state index is 12.1. The smallest absolute Gasteiger partial charge is 0.336 e. The Morgan fingerprint density at radius 3 is 2.79 bits per heavy atom. The number of amides is 1. The van der Waals surface area contributed by atoms with Gasteiger partial charge in [0.05, 0.1) is 13.2 Å². The molecule has 24 heavy (non-hydrogen) atoms. The van der Waals surface area contributed by atoms with Gasteiger partial charge in [-0.05, 0) is 24.1 Å². The van der Waals surface area contributed by atoms with Gasteiger partial charge in [0.1, 0.15) is 11.3 Å². The van der Waals surface area contributed by atoms with Crippen molar-refractivity contribution in [1.29, 1.82) is 0 Å². The summed E-state index contributed by atoms with van der Waals surface area (Å²) in [6.07, 6.45) is 1.77. The summed E-state index contributed by atoms with van der Waals surface area (Å²) in [5, 5.41) is 0.906. The molecule has 1 aliphatic rings. The summed E-state index contributed by atoms with van der Waals surface area (Å²) in [6.45, 7) is 4.34. The van der Waals surface area contributed by atoms with E-state index >= 15 is 0 Å². The van der Waals surface area contributed by atoms with Crippen LogP contribution in [-0.4, -0.2) is 43.7 Å². The molecule has 0 radical (unpaired) electrons. The molecular weight excluding hydrogens is 310 g/mol. The van der Waals surface area contributed by atoms with E-state index in [1.165, 1.54) is 6.07 Å². The molecule has 2 heterocycles. The molecular formula is C18H21NO5. The number of hydrogen-bond donors (Lipinski definition) is 0. The van der Waals surface area contributed by atoms with Crippen molar-refractivity contribution in [1.82, 2.24) is 4.90 Å². The van der Waals surface area contributed by atoms with Gasteiger partial charge in [-0.2, -0.15) is 0 Å². The minimum atomic E-state index is -0.368. The van der Waals surface area contributed by atoms with Crippen LogP contribution >= 0.6 is 0 Å². The van der Waals surface area contributed by atoms with Crippen LogP contribution in [0.4, 0.5) is 0 Å². The fourth-order valence-corrected chi connectivity index (χ4v) is 2.83. The van der Waals surface area contributed by atoms with Gasteiger partial charge >= 0.3 is 5.63 Å². The number of carbonyl (C=O) groups excluding carboxylic acids is 1. The van der Waals surface area contributed by atoms with Gasteiger partial charge < -0.3 is 18.8 Å². The third kappa shape index (κ3) is 3.76. The van der Waals surface area contributed by atoms with E-state index in [-0.39, 0.29) is 18.1 Å². The standard InChI is InChI=1S/C18H21NO5/c1-2-3-13-10-18(21)24-16-11-14(4-5-15(13)16)23-12-17(20)19-6-8-22-9-7-19/h4-5,10-11H,2-3,6-9,12H2,1H3. The topological polar surface area (TPSA) is 69.0 Å². The maximum atomic E-state index is 12.1. The van der Waals surface area contributed by atoms with Crippen LogP contribution in [-0.2, 0) is 16.0 Å². The molecule has 2 aromatic rings. The predicted molar refractivity (Wildman–Crippen MR) is 89.4 cm³/mol. The molecule has 0 aliphatic carbocycles. The molecule has 0 spiro atoms. The van der Waals surface area contributed by atoms with Crippen molar-refractivity contribution in [3.05, 3.63) is 40.2 Å². The van der Waals surface area contributed by atoms with Crippen molar-refractivity contribution >= 4 is 16.9 Å². The van der Waals surface area contributed by atoms with E-state index in [2.05, 4.69) is 6.92 Å². The molecule has 1 aliphatic heterocycles. The summed E-state index contributed by atoms with van der Waals surface area (Å²) in [4.78, 5) is 25.5. The van der Waals surface area contributed by atoms with Gasteiger partial charge in [0.2, 0.25) is 0 Å². The second-order valence-corrected chi connectivity index (χ2v) is 5.78. The number of fused-ring (bicyclic) bond motifs is 1. The summed E-state index contributed by atoms with van der Waals surface area (Å²) in [5.41, 5.74) is 1.09. The Kier molecular flexibility index (Phi) is 5.15. The molecule has 6 nitrogen and oxygen atoms in total. The van der Waals surface area contributed by atoms with Crippen LogP contribution < -0.4 is 10.4 Å². The van der Waals surface area contributed by atoms with Crippen LogP contribution in [0.3, 0.4) is 0 Å². The first-order chi connectivity index (χ1) is 11.7. The first kappa shape index (κ1) is 16.5. The SMILES string of the molecule is CCCc1cc(=O)oc2cc(OCC(=O)N3CCOCC3)ccc12. The lowest BCUT2D eigenvalue weighted by molar-refractivity contribution is -0.137. The lowest BCUT2D eigenvalue weighted by atomic mass is 10.1. The number of benzene rings is 1. The van der Waals surface area contributed by atoms with Crippen LogP contribution in [0.15, 0.2) is 33.5 Å². The predicted octanol–water partition coefficient (Wildman–Crippen LogP) is 1.98. The molecule has 6 heteroatoms. The van der Waals surface area contributed by atoms with Gasteiger partial charge in [0.15, 0.2) is 6.61 Å². The fraction of sp³-hybridized carbons (Fsp3) is 0.444. The van der Waals surface area contributed by atoms with E-state index in [0.717, 1.165) is 23.8 Å². The summed E-state index contributed by atoms with van der Waals surface area (Å²) >= 11 is 0. The molecule has 1 aromatic carbocycles. The minimum absolute atomic E-state index is 0.0373. The summed E-state index contributed by atoms with van der Waals surface area (Å²) in [6, 6.07) is 6.88. The molecule has 0 atom stereocenters. The molecule has 0 saturated carbocycles. The van der Waals surface area contributed by atoms with Gasteiger partial charge in [0, 0.05) is 30.6 Å². The average molecular weight is 331 g/mol. The van der Waals surface area contributed by atoms with Crippen LogP contribution in [0.1, 0.15) is 18.9 Å². The largest absolute Gasteiger partial charge is 0.484 e. The molecule has 1 saturated heterocycles. The Labute approximate surface area is 140 Å². The Morgan fingerprint density at radius 1 is 1.25 bits per heavy atom. The molecule has 3 rings (SSSR count). The van der Waals surface area contributed by atoms with E-state index in [4.69, 9.17) is 13.9 Å². The Hall–Kier alpha value is -2.34. The van der Waals surface area contributed by atoms with Crippen molar-refractivity contribution in [3.63, 3.8) is 0 Å². The van der Waals surface area contributed by atoms with E-state index in [1.54, 1.807) is 17.0 Å². The Morgan fingerprint density at radius 2 is 2.04 bits per heavy atom. The number of rotatable bonds is 5. The number of nitrogens with zero attached hydrogens (tertiary/aromatic N) is 1. The van der Waals surface area contributed by atoms with Crippen molar-refractivity contribution in [2.45, 2.75) is 19.8 Å². The van der Waals surface area contributed by atoms with E-state index in [1.807, 2.05) is 6.07 Å². The molecule has 1 fully saturated rings. The van der Waals surface area contributed by atoms with Crippen LogP contribution in [0.5, 0.6) is 5.75 Å². The van der Waals surface area contributed by atoms with Gasteiger partial charge in [-0.1, -0.05) is 13.3 Å². The third-order valence-electron chi connectivity index (χ3n) is 4.05. The molecule has 0 unspecified atom stereocenters. The summed E-state index contributed by atoms with van der Waals surface area (Å²) in [7, 11) is 0. The third-order valence-corrected chi connectivity index (χ3v) is 4.05. The van der Waals surface area contributed by atoms with Gasteiger partial charge in [-0.25, -0.2) is 4.79 Å². The number of morpholine rings is 1. The highest BCUT2D eigenvalue weighted by molar-refractivity contribution is 5.82. The number of ether oxygens (including phenoxy) is 2. The Balaban J connectivity index is 1.73. The zero-order valence-electron chi connectivity index (χ0n) is 13.7. The second kappa shape index (κ2) is 7.49. The number of hydrogen-bond acceptors (Lipinski definition) is 5. The molecule has 128 valence electrons. The van der Waals surface area contributed by atoms with Gasteiger partial charge in [0.25, 0.3) is 5.91 Å². The van der Waals surface area contributed by atoms with Gasteiger partial charge in [-0.15, -0.1) is 0 Å². The first-order valence-corrected chi connectivity index (χ1v) is 8.22. The number of aryl methyl sites for hydroxylation is 1. The van der Waals surface area contributed by atoms with E-state index in [9.17, 15) is 9.59 Å². The lowest BCUT2D eigenvalue weighted by Gasteiger charge is -2.26. The quantitative estimate of drug-likeness (QED) is 0.784. The molecule has 1 amide bonds. The van der Waals surface area contributed by atoms with Crippen LogP contribution in [0, 0.1) is 0 Å². The summed E-state index contributed by atoms with van der Waals surface area (Å²) in [5.74, 6) is 0.445. The Bertz CT molecular complexity index is 777. The zero-order valence-corrected chi connectivity index (χ0v) is 13.7. The van der Waals surface area contributed by atoms with Gasteiger partial charge in [-0.3, -0.25) is 4.79 Å². The monoisotopic (exact) mass is 331 g/mol. The average Bonchev–Trinajstić information content (AvgIpc) is 2.60. The molecule has 1 aromatic heterocycles. The van der Waals surface area contributed by atoms with Crippen LogP contribution in [0.25, 0.3) is 11.0 Å². The van der Waals surface area contributed by atoms with E-state index in [0.29, 0.717) is 37.6 Å². The highest BCUT2D eigenvalue weighted by Crippen LogP contribution is 2.23. The number of carbonyl (C=O) groups is 1. The maximum Gasteiger partial charge on any atom is 0.336 e. The lowest BCUT2D eigenvalue weighted by Crippen LogP contribution is -2.42. The van der Waals surface area contributed by atoms with Crippen molar-refractivity contribution in [3.8, 4) is 5.75 Å². The van der Waals surface area contributed by atoms with E-state index < -0.39 is 0 Å². The highest BCUT2D eigenvalue weighted by Gasteiger charge is 2.17.